The number of carbonyl (C=O) groups is 1. The quantitative estimate of drug-likeness (QED) is 0.102. The number of carbonyl (C=O) groups excluding carboxylic acids is 1. The first-order valence-corrected chi connectivity index (χ1v) is 18.5. The first-order valence-electron chi connectivity index (χ1n) is 18.5. The van der Waals surface area contributed by atoms with Crippen molar-refractivity contribution in [3.8, 4) is 11.1 Å². The van der Waals surface area contributed by atoms with Crippen molar-refractivity contribution in [2.45, 2.75) is 105 Å². The number of fused-ring (bicyclic) bond motifs is 8. The van der Waals surface area contributed by atoms with Crippen molar-refractivity contribution >= 4 is 58.0 Å². The highest BCUT2D eigenvalue weighted by Gasteiger charge is 2.17. The van der Waals surface area contributed by atoms with E-state index in [1.807, 2.05) is 12.1 Å². The molecule has 2 aliphatic heterocycles. The number of hydrogen-bond donors (Lipinski definition) is 3. The standard InChI is InChI=1S/C43H51N5O/c1-5-8-11-14-32-35-21-23-37(45-35)33(15-12-9-6-2)39-25-27-41(47-39)43(30-17-19-31(20-18-30)44-29(4)49)42-28-26-40(48-42)34(16-13-10-7-3)38-24-22-36(32)46-38/h17-28,47-48H,5-16H2,1-4H3,(H,44,49). The van der Waals surface area contributed by atoms with Gasteiger partial charge in [0.25, 0.3) is 0 Å². The fourth-order valence-corrected chi connectivity index (χ4v) is 7.05. The number of amides is 1. The molecule has 3 N–H and O–H groups in total. The molecule has 0 saturated heterocycles. The summed E-state index contributed by atoms with van der Waals surface area (Å²) in [4.78, 5) is 30.1. The number of benzene rings is 1. The number of aromatic nitrogens is 4. The number of anilines is 1. The smallest absolute Gasteiger partial charge is 0.221 e. The van der Waals surface area contributed by atoms with Gasteiger partial charge in [-0.2, -0.15) is 0 Å². The van der Waals surface area contributed by atoms with Crippen LogP contribution in [0.25, 0.3) is 57.5 Å². The maximum atomic E-state index is 11.8. The van der Waals surface area contributed by atoms with Gasteiger partial charge in [0, 0.05) is 56.9 Å². The van der Waals surface area contributed by atoms with Crippen LogP contribution in [-0.2, 0) is 24.1 Å². The van der Waals surface area contributed by atoms with Gasteiger partial charge in [-0.05, 0) is 105 Å². The summed E-state index contributed by atoms with van der Waals surface area (Å²) in [5.74, 6) is -0.0790. The van der Waals surface area contributed by atoms with Crippen LogP contribution in [0.3, 0.4) is 0 Å². The number of H-pyrrole nitrogens is 2. The number of unbranched alkanes of at least 4 members (excludes halogenated alkanes) is 6. The zero-order valence-corrected chi connectivity index (χ0v) is 29.7. The number of aromatic amines is 2. The predicted molar refractivity (Wildman–Crippen MR) is 208 cm³/mol. The highest BCUT2D eigenvalue weighted by molar-refractivity contribution is 5.95. The topological polar surface area (TPSA) is 86.5 Å². The summed E-state index contributed by atoms with van der Waals surface area (Å²) in [7, 11) is 0. The van der Waals surface area contributed by atoms with Gasteiger partial charge in [-0.3, -0.25) is 4.79 Å². The van der Waals surface area contributed by atoms with Gasteiger partial charge in [0.1, 0.15) is 0 Å². The molecule has 0 radical (unpaired) electrons. The van der Waals surface area contributed by atoms with Crippen LogP contribution in [0.2, 0.25) is 0 Å². The Labute approximate surface area is 291 Å². The van der Waals surface area contributed by atoms with Crippen molar-refractivity contribution in [1.29, 1.82) is 0 Å². The lowest BCUT2D eigenvalue weighted by Crippen LogP contribution is -2.05. The van der Waals surface area contributed by atoms with Crippen LogP contribution in [0.15, 0.2) is 48.5 Å². The molecule has 1 aromatic carbocycles. The lowest BCUT2D eigenvalue weighted by Gasteiger charge is -2.07. The Balaban J connectivity index is 1.67. The second-order valence-electron chi connectivity index (χ2n) is 13.4. The second kappa shape index (κ2) is 16.1. The van der Waals surface area contributed by atoms with Crippen LogP contribution in [-0.4, -0.2) is 25.8 Å². The monoisotopic (exact) mass is 653 g/mol. The largest absolute Gasteiger partial charge is 0.355 e. The van der Waals surface area contributed by atoms with E-state index in [1.165, 1.54) is 62.1 Å². The van der Waals surface area contributed by atoms with Gasteiger partial charge in [-0.15, -0.1) is 0 Å². The Hall–Kier alpha value is -4.71. The molecule has 1 amide bonds. The zero-order chi connectivity index (χ0) is 34.2. The normalized spacial score (nSPS) is 12.2. The minimum absolute atomic E-state index is 0.0790. The van der Waals surface area contributed by atoms with Crippen LogP contribution in [0.1, 0.15) is 125 Å². The SMILES string of the molecule is CCCCCc1c2nc(c(CCCCC)c3ccc([nH]3)c(-c3ccc(NC(C)=O)cc3)c3ccc([nH]3)c(CCCCC)c3nc1C=C3)C=C2. The fourth-order valence-electron chi connectivity index (χ4n) is 7.05. The van der Waals surface area contributed by atoms with E-state index in [1.54, 1.807) is 0 Å². The van der Waals surface area contributed by atoms with Crippen LogP contribution in [0, 0.1) is 0 Å². The second-order valence-corrected chi connectivity index (χ2v) is 13.4. The number of nitrogens with one attached hydrogen (secondary N) is 3. The van der Waals surface area contributed by atoms with Crippen molar-refractivity contribution in [3.05, 3.63) is 88.0 Å². The zero-order valence-electron chi connectivity index (χ0n) is 29.7. The molecule has 6 rings (SSSR count). The van der Waals surface area contributed by atoms with Gasteiger partial charge in [0.2, 0.25) is 5.91 Å². The third kappa shape index (κ3) is 7.96. The molecule has 0 atom stereocenters. The Morgan fingerprint density at radius 1 is 0.551 bits per heavy atom. The van der Waals surface area contributed by atoms with E-state index in [0.29, 0.717) is 0 Å². The molecule has 2 aliphatic rings. The summed E-state index contributed by atoms with van der Waals surface area (Å²) in [6.45, 7) is 8.30. The van der Waals surface area contributed by atoms with Crippen LogP contribution >= 0.6 is 0 Å². The van der Waals surface area contributed by atoms with Crippen molar-refractivity contribution in [2.75, 3.05) is 5.32 Å². The predicted octanol–water partition coefficient (Wildman–Crippen LogP) is 11.5. The number of nitrogens with zero attached hydrogens (tertiary/aromatic N) is 2. The highest BCUT2D eigenvalue weighted by Crippen LogP contribution is 2.33. The van der Waals surface area contributed by atoms with Crippen molar-refractivity contribution in [3.63, 3.8) is 0 Å². The Morgan fingerprint density at radius 2 is 0.959 bits per heavy atom. The number of aryl methyl sites for hydroxylation is 2. The van der Waals surface area contributed by atoms with Crippen molar-refractivity contribution in [1.82, 2.24) is 19.9 Å². The lowest BCUT2D eigenvalue weighted by atomic mass is 10.0. The van der Waals surface area contributed by atoms with E-state index in [0.717, 1.165) is 100 Å². The van der Waals surface area contributed by atoms with E-state index < -0.39 is 0 Å². The summed E-state index contributed by atoms with van der Waals surface area (Å²) in [6.07, 6.45) is 22.1. The summed E-state index contributed by atoms with van der Waals surface area (Å²) in [5.41, 5.74) is 15.1. The molecular weight excluding hydrogens is 603 g/mol. The summed E-state index contributed by atoms with van der Waals surface area (Å²) < 4.78 is 0. The highest BCUT2D eigenvalue weighted by atomic mass is 16.1. The van der Waals surface area contributed by atoms with Crippen LogP contribution in [0.4, 0.5) is 5.69 Å². The van der Waals surface area contributed by atoms with E-state index in [4.69, 9.17) is 9.97 Å². The molecule has 4 aromatic rings. The van der Waals surface area contributed by atoms with Gasteiger partial charge in [0.15, 0.2) is 0 Å². The first-order chi connectivity index (χ1) is 24.0. The van der Waals surface area contributed by atoms with Crippen molar-refractivity contribution < 1.29 is 4.79 Å². The first kappa shape index (κ1) is 34.2. The maximum absolute atomic E-state index is 11.8. The van der Waals surface area contributed by atoms with Crippen molar-refractivity contribution in [2.24, 2.45) is 0 Å². The Morgan fingerprint density at radius 3 is 1.39 bits per heavy atom. The average Bonchev–Trinajstić information content (AvgIpc) is 3.93. The molecule has 3 aromatic heterocycles. The molecule has 0 saturated carbocycles. The molecular formula is C43H51N5O. The molecule has 0 aliphatic carbocycles. The average molecular weight is 654 g/mol. The van der Waals surface area contributed by atoms with Gasteiger partial charge in [0.05, 0.1) is 22.8 Å². The molecule has 8 bridgehead atoms. The lowest BCUT2D eigenvalue weighted by molar-refractivity contribution is -0.114. The van der Waals surface area contributed by atoms with Gasteiger partial charge < -0.3 is 15.3 Å². The van der Waals surface area contributed by atoms with E-state index >= 15 is 0 Å². The van der Waals surface area contributed by atoms with E-state index in [-0.39, 0.29) is 5.91 Å². The Kier molecular flexibility index (Phi) is 11.2. The third-order valence-electron chi connectivity index (χ3n) is 9.66. The Bertz CT molecular complexity index is 1900. The molecule has 0 fully saturated rings. The summed E-state index contributed by atoms with van der Waals surface area (Å²) in [5, 5.41) is 2.91. The van der Waals surface area contributed by atoms with Gasteiger partial charge >= 0.3 is 0 Å². The summed E-state index contributed by atoms with van der Waals surface area (Å²) in [6, 6.07) is 17.0. The van der Waals surface area contributed by atoms with Crippen LogP contribution < -0.4 is 5.32 Å². The molecule has 6 heteroatoms. The maximum Gasteiger partial charge on any atom is 0.221 e. The van der Waals surface area contributed by atoms with E-state index in [2.05, 4.69) is 96.8 Å². The molecule has 49 heavy (non-hydrogen) atoms. The molecule has 0 unspecified atom stereocenters. The number of rotatable bonds is 14. The summed E-state index contributed by atoms with van der Waals surface area (Å²) >= 11 is 0. The fraction of sp³-hybridized carbons (Fsp3) is 0.372. The molecule has 5 heterocycles. The van der Waals surface area contributed by atoms with E-state index in [9.17, 15) is 4.79 Å². The third-order valence-corrected chi connectivity index (χ3v) is 9.66. The van der Waals surface area contributed by atoms with Crippen LogP contribution in [0.5, 0.6) is 0 Å². The molecule has 254 valence electrons. The minimum atomic E-state index is -0.0790. The van der Waals surface area contributed by atoms with Gasteiger partial charge in [-0.25, -0.2) is 9.97 Å². The van der Waals surface area contributed by atoms with Gasteiger partial charge in [-0.1, -0.05) is 71.4 Å². The molecule has 0 spiro atoms. The number of hydrogen-bond acceptors (Lipinski definition) is 3. The molecule has 6 nitrogen and oxygen atoms in total. The minimum Gasteiger partial charge on any atom is -0.355 e.